The van der Waals surface area contributed by atoms with Crippen LogP contribution in [0.3, 0.4) is 0 Å². The largest absolute Gasteiger partial charge is 0.374 e. The molecule has 1 unspecified atom stereocenters. The predicted octanol–water partition coefficient (Wildman–Crippen LogP) is 2.15. The Morgan fingerprint density at radius 1 is 1.38 bits per heavy atom. The Labute approximate surface area is 95.8 Å². The maximum Gasteiger partial charge on any atom is 0.128 e. The van der Waals surface area contributed by atoms with E-state index in [1.807, 2.05) is 20.8 Å². The average molecular weight is 226 g/mol. The van der Waals surface area contributed by atoms with Crippen molar-refractivity contribution >= 4 is 0 Å². The van der Waals surface area contributed by atoms with Gasteiger partial charge in [0.1, 0.15) is 5.82 Å². The highest BCUT2D eigenvalue weighted by molar-refractivity contribution is 5.21. The van der Waals surface area contributed by atoms with Crippen LogP contribution in [0.2, 0.25) is 0 Å². The molecule has 0 bridgehead atoms. The first-order valence-corrected chi connectivity index (χ1v) is 5.28. The standard InChI is InChI=1S/C12H19FN2O/c1-12(2,3)16-8-11(15-14)9-6-4-5-7-10(9)13/h4-7,11,15H,8,14H2,1-3H3. The van der Waals surface area contributed by atoms with Crippen LogP contribution < -0.4 is 11.3 Å². The van der Waals surface area contributed by atoms with Gasteiger partial charge in [0.05, 0.1) is 18.2 Å². The minimum atomic E-state index is -0.333. The number of benzene rings is 1. The monoisotopic (exact) mass is 226 g/mol. The van der Waals surface area contributed by atoms with Gasteiger partial charge in [0.2, 0.25) is 0 Å². The fourth-order valence-corrected chi connectivity index (χ4v) is 1.32. The second-order valence-corrected chi connectivity index (χ2v) is 4.66. The molecule has 0 aliphatic rings. The molecule has 0 heterocycles. The summed E-state index contributed by atoms with van der Waals surface area (Å²) >= 11 is 0. The maximum atomic E-state index is 13.5. The number of hydrazine groups is 1. The summed E-state index contributed by atoms with van der Waals surface area (Å²) in [6.07, 6.45) is 0. The van der Waals surface area contributed by atoms with E-state index in [4.69, 9.17) is 10.6 Å². The predicted molar refractivity (Wildman–Crippen MR) is 62.2 cm³/mol. The third-order valence-electron chi connectivity index (χ3n) is 2.16. The van der Waals surface area contributed by atoms with Crippen molar-refractivity contribution in [3.63, 3.8) is 0 Å². The zero-order valence-electron chi connectivity index (χ0n) is 9.96. The van der Waals surface area contributed by atoms with E-state index in [-0.39, 0.29) is 17.5 Å². The van der Waals surface area contributed by atoms with Crippen molar-refractivity contribution in [3.8, 4) is 0 Å². The van der Waals surface area contributed by atoms with Crippen LogP contribution in [0.5, 0.6) is 0 Å². The first kappa shape index (κ1) is 13.1. The molecule has 3 nitrogen and oxygen atoms in total. The summed E-state index contributed by atoms with van der Waals surface area (Å²) in [5.41, 5.74) is 2.83. The Hall–Kier alpha value is -0.970. The van der Waals surface area contributed by atoms with Gasteiger partial charge in [-0.25, -0.2) is 4.39 Å². The van der Waals surface area contributed by atoms with Gasteiger partial charge in [-0.2, -0.15) is 0 Å². The van der Waals surface area contributed by atoms with Crippen molar-refractivity contribution in [2.75, 3.05) is 6.61 Å². The topological polar surface area (TPSA) is 47.3 Å². The van der Waals surface area contributed by atoms with E-state index >= 15 is 0 Å². The highest BCUT2D eigenvalue weighted by Crippen LogP contribution is 2.18. The molecule has 90 valence electrons. The fraction of sp³-hybridized carbons (Fsp3) is 0.500. The number of nitrogens with one attached hydrogen (secondary N) is 1. The second-order valence-electron chi connectivity index (χ2n) is 4.66. The number of hydrogen-bond acceptors (Lipinski definition) is 3. The van der Waals surface area contributed by atoms with Gasteiger partial charge in [-0.15, -0.1) is 0 Å². The second kappa shape index (κ2) is 5.39. The molecule has 1 aromatic carbocycles. The third kappa shape index (κ3) is 3.89. The summed E-state index contributed by atoms with van der Waals surface area (Å²) in [4.78, 5) is 0. The van der Waals surface area contributed by atoms with Gasteiger partial charge in [0.25, 0.3) is 0 Å². The number of rotatable bonds is 4. The van der Waals surface area contributed by atoms with Gasteiger partial charge in [0, 0.05) is 5.56 Å². The molecule has 0 amide bonds. The normalized spacial score (nSPS) is 13.8. The van der Waals surface area contributed by atoms with Gasteiger partial charge in [-0.1, -0.05) is 18.2 Å². The number of nitrogens with two attached hydrogens (primary N) is 1. The summed E-state index contributed by atoms with van der Waals surface area (Å²) in [6, 6.07) is 6.21. The third-order valence-corrected chi connectivity index (χ3v) is 2.16. The van der Waals surface area contributed by atoms with E-state index < -0.39 is 0 Å². The molecule has 1 rings (SSSR count). The minimum absolute atomic E-state index is 0.264. The quantitative estimate of drug-likeness (QED) is 0.611. The minimum Gasteiger partial charge on any atom is -0.374 e. The molecule has 0 radical (unpaired) electrons. The highest BCUT2D eigenvalue weighted by Gasteiger charge is 2.18. The SMILES string of the molecule is CC(C)(C)OCC(NN)c1ccccc1F. The van der Waals surface area contributed by atoms with Gasteiger partial charge in [-0.3, -0.25) is 11.3 Å². The molecular weight excluding hydrogens is 207 g/mol. The van der Waals surface area contributed by atoms with Crippen molar-refractivity contribution in [2.24, 2.45) is 5.84 Å². The number of halogens is 1. The molecule has 0 aliphatic carbocycles. The van der Waals surface area contributed by atoms with E-state index in [9.17, 15) is 4.39 Å². The number of hydrogen-bond donors (Lipinski definition) is 2. The molecule has 4 heteroatoms. The molecule has 3 N–H and O–H groups in total. The Morgan fingerprint density at radius 2 is 2.00 bits per heavy atom. The van der Waals surface area contributed by atoms with Crippen LogP contribution in [-0.4, -0.2) is 12.2 Å². The van der Waals surface area contributed by atoms with Crippen molar-refractivity contribution < 1.29 is 9.13 Å². The van der Waals surface area contributed by atoms with Crippen LogP contribution in [0.25, 0.3) is 0 Å². The van der Waals surface area contributed by atoms with Crippen LogP contribution in [0.1, 0.15) is 32.4 Å². The van der Waals surface area contributed by atoms with E-state index in [2.05, 4.69) is 5.43 Å². The number of ether oxygens (including phenoxy) is 1. The lowest BCUT2D eigenvalue weighted by Gasteiger charge is -2.24. The Balaban J connectivity index is 2.72. The molecule has 0 aliphatic heterocycles. The van der Waals surface area contributed by atoms with Crippen molar-refractivity contribution in [1.82, 2.24) is 5.43 Å². The molecule has 0 fully saturated rings. The van der Waals surface area contributed by atoms with Crippen molar-refractivity contribution in [1.29, 1.82) is 0 Å². The summed E-state index contributed by atoms with van der Waals surface area (Å²) in [7, 11) is 0. The molecule has 0 saturated carbocycles. The van der Waals surface area contributed by atoms with Crippen LogP contribution in [0.15, 0.2) is 24.3 Å². The summed E-state index contributed by atoms with van der Waals surface area (Å²) < 4.78 is 19.1. The van der Waals surface area contributed by atoms with E-state index in [1.54, 1.807) is 18.2 Å². The summed E-state index contributed by atoms with van der Waals surface area (Å²) in [5.74, 6) is 5.13. The van der Waals surface area contributed by atoms with Crippen molar-refractivity contribution in [2.45, 2.75) is 32.4 Å². The van der Waals surface area contributed by atoms with Crippen LogP contribution in [0.4, 0.5) is 4.39 Å². The molecule has 0 saturated heterocycles. The zero-order valence-corrected chi connectivity index (χ0v) is 9.96. The van der Waals surface area contributed by atoms with Crippen LogP contribution in [-0.2, 0) is 4.74 Å². The van der Waals surface area contributed by atoms with Crippen molar-refractivity contribution in [3.05, 3.63) is 35.6 Å². The van der Waals surface area contributed by atoms with Gasteiger partial charge >= 0.3 is 0 Å². The first-order valence-electron chi connectivity index (χ1n) is 5.28. The van der Waals surface area contributed by atoms with Gasteiger partial charge in [-0.05, 0) is 26.8 Å². The zero-order chi connectivity index (χ0) is 12.2. The Kier molecular flexibility index (Phi) is 4.41. The lowest BCUT2D eigenvalue weighted by Crippen LogP contribution is -2.34. The Morgan fingerprint density at radius 3 is 2.50 bits per heavy atom. The molecule has 0 aromatic heterocycles. The molecule has 0 spiro atoms. The highest BCUT2D eigenvalue weighted by atomic mass is 19.1. The molecule has 16 heavy (non-hydrogen) atoms. The fourth-order valence-electron chi connectivity index (χ4n) is 1.32. The summed E-state index contributed by atoms with van der Waals surface area (Å²) in [6.45, 7) is 6.17. The smallest absolute Gasteiger partial charge is 0.128 e. The van der Waals surface area contributed by atoms with Crippen LogP contribution >= 0.6 is 0 Å². The summed E-state index contributed by atoms with van der Waals surface area (Å²) in [5, 5.41) is 0. The molecule has 1 aromatic rings. The maximum absolute atomic E-state index is 13.5. The molecule has 1 atom stereocenters. The average Bonchev–Trinajstić information content (AvgIpc) is 2.20. The van der Waals surface area contributed by atoms with Crippen LogP contribution in [0, 0.1) is 5.82 Å². The Bertz CT molecular complexity index is 336. The lowest BCUT2D eigenvalue weighted by atomic mass is 10.1. The van der Waals surface area contributed by atoms with Gasteiger partial charge < -0.3 is 4.74 Å². The van der Waals surface area contributed by atoms with Gasteiger partial charge in [0.15, 0.2) is 0 Å². The first-order chi connectivity index (χ1) is 7.44. The molecular formula is C12H19FN2O. The lowest BCUT2D eigenvalue weighted by molar-refractivity contribution is -0.0152. The van der Waals surface area contributed by atoms with E-state index in [0.29, 0.717) is 12.2 Å². The van der Waals surface area contributed by atoms with E-state index in [0.717, 1.165) is 0 Å². The van der Waals surface area contributed by atoms with E-state index in [1.165, 1.54) is 6.07 Å².